The van der Waals surface area contributed by atoms with E-state index in [0.717, 1.165) is 24.5 Å². The molecule has 7 nitrogen and oxygen atoms in total. The van der Waals surface area contributed by atoms with E-state index in [2.05, 4.69) is 39.3 Å². The van der Waals surface area contributed by atoms with E-state index in [9.17, 15) is 4.79 Å². The molecule has 132 valence electrons. The normalized spacial score (nSPS) is 20.2. The van der Waals surface area contributed by atoms with Gasteiger partial charge in [-0.25, -0.2) is 9.78 Å². The van der Waals surface area contributed by atoms with Crippen molar-refractivity contribution in [3.63, 3.8) is 0 Å². The zero-order valence-electron chi connectivity index (χ0n) is 14.5. The summed E-state index contributed by atoms with van der Waals surface area (Å²) < 4.78 is 5.74. The number of urea groups is 1. The molecule has 1 saturated heterocycles. The highest BCUT2D eigenvalue weighted by Crippen LogP contribution is 2.19. The van der Waals surface area contributed by atoms with Crippen molar-refractivity contribution in [2.75, 3.05) is 23.3 Å². The number of ether oxygens (including phenoxy) is 1. The molecule has 2 atom stereocenters. The topological polar surface area (TPSA) is 79.4 Å². The molecule has 0 aliphatic carbocycles. The first kappa shape index (κ1) is 17.2. The smallest absolute Gasteiger partial charge is 0.319 e. The Morgan fingerprint density at radius 3 is 2.68 bits per heavy atom. The quantitative estimate of drug-likeness (QED) is 0.893. The maximum atomic E-state index is 12.0. The summed E-state index contributed by atoms with van der Waals surface area (Å²) in [4.78, 5) is 22.6. The van der Waals surface area contributed by atoms with Crippen LogP contribution in [-0.2, 0) is 11.3 Å². The lowest BCUT2D eigenvalue weighted by Crippen LogP contribution is -2.45. The molecule has 1 aliphatic rings. The lowest BCUT2D eigenvalue weighted by molar-refractivity contribution is -0.00545. The van der Waals surface area contributed by atoms with Gasteiger partial charge in [0.25, 0.3) is 0 Å². The summed E-state index contributed by atoms with van der Waals surface area (Å²) in [5, 5.41) is 5.58. The van der Waals surface area contributed by atoms with Gasteiger partial charge in [-0.2, -0.15) is 0 Å². The molecule has 0 unspecified atom stereocenters. The Bertz CT molecular complexity index is 682. The van der Waals surface area contributed by atoms with Crippen LogP contribution in [0.25, 0.3) is 0 Å². The summed E-state index contributed by atoms with van der Waals surface area (Å²) in [6, 6.07) is 7.25. The molecule has 0 spiro atoms. The number of carbonyl (C=O) groups excluding carboxylic acids is 1. The van der Waals surface area contributed by atoms with E-state index >= 15 is 0 Å². The van der Waals surface area contributed by atoms with Gasteiger partial charge in [0.15, 0.2) is 0 Å². The van der Waals surface area contributed by atoms with Crippen LogP contribution in [0.15, 0.2) is 42.9 Å². The molecule has 25 heavy (non-hydrogen) atoms. The molecule has 0 radical (unpaired) electrons. The Kier molecular flexibility index (Phi) is 5.45. The van der Waals surface area contributed by atoms with Gasteiger partial charge >= 0.3 is 6.03 Å². The van der Waals surface area contributed by atoms with E-state index in [1.807, 2.05) is 24.3 Å². The highest BCUT2D eigenvalue weighted by atomic mass is 16.5. The zero-order valence-corrected chi connectivity index (χ0v) is 14.5. The molecule has 1 aliphatic heterocycles. The second-order valence-corrected chi connectivity index (χ2v) is 6.24. The van der Waals surface area contributed by atoms with Crippen molar-refractivity contribution < 1.29 is 9.53 Å². The monoisotopic (exact) mass is 341 g/mol. The second-order valence-electron chi connectivity index (χ2n) is 6.24. The average Bonchev–Trinajstić information content (AvgIpc) is 2.61. The summed E-state index contributed by atoms with van der Waals surface area (Å²) >= 11 is 0. The van der Waals surface area contributed by atoms with E-state index < -0.39 is 0 Å². The number of nitrogens with zero attached hydrogens (tertiary/aromatic N) is 3. The number of nitrogens with one attached hydrogen (secondary N) is 2. The molecule has 0 bridgehead atoms. The number of rotatable bonds is 4. The Hall–Kier alpha value is -2.67. The van der Waals surface area contributed by atoms with Crippen LogP contribution < -0.4 is 15.5 Å². The molecule has 1 fully saturated rings. The minimum absolute atomic E-state index is 0.182. The van der Waals surface area contributed by atoms with Gasteiger partial charge in [-0.15, -0.1) is 0 Å². The van der Waals surface area contributed by atoms with Crippen LogP contribution in [-0.4, -0.2) is 41.3 Å². The molecule has 2 N–H and O–H groups in total. The van der Waals surface area contributed by atoms with Crippen molar-refractivity contribution in [3.8, 4) is 0 Å². The molecular formula is C18H23N5O2. The van der Waals surface area contributed by atoms with Gasteiger partial charge in [0.05, 0.1) is 24.1 Å². The van der Waals surface area contributed by atoms with E-state index in [1.165, 1.54) is 0 Å². The van der Waals surface area contributed by atoms with Gasteiger partial charge < -0.3 is 20.3 Å². The summed E-state index contributed by atoms with van der Waals surface area (Å²) in [6.07, 6.45) is 5.46. The van der Waals surface area contributed by atoms with Gasteiger partial charge in [0, 0.05) is 32.0 Å². The Balaban J connectivity index is 1.52. The first-order chi connectivity index (χ1) is 12.1. The van der Waals surface area contributed by atoms with E-state index in [0.29, 0.717) is 12.2 Å². The largest absolute Gasteiger partial charge is 0.372 e. The van der Waals surface area contributed by atoms with Crippen LogP contribution >= 0.6 is 0 Å². The van der Waals surface area contributed by atoms with E-state index in [4.69, 9.17) is 4.74 Å². The minimum atomic E-state index is -0.271. The third-order valence-corrected chi connectivity index (χ3v) is 3.93. The van der Waals surface area contributed by atoms with Crippen LogP contribution in [0.5, 0.6) is 0 Å². The summed E-state index contributed by atoms with van der Waals surface area (Å²) in [6.45, 7) is 6.18. The minimum Gasteiger partial charge on any atom is -0.372 e. The number of aromatic nitrogens is 2. The number of hydrogen-bond donors (Lipinski definition) is 2. The number of hydrogen-bond acceptors (Lipinski definition) is 5. The highest BCUT2D eigenvalue weighted by Gasteiger charge is 2.22. The number of carbonyl (C=O) groups is 1. The Morgan fingerprint density at radius 2 is 2.04 bits per heavy atom. The standard InChI is InChI=1S/C18H23N5O2/c1-13-11-23(12-14(2)25-13)17-6-5-16(10-20-17)22-18(24)21-9-15-4-3-7-19-8-15/h3-8,10,13-14H,9,11-12H2,1-2H3,(H2,21,22,24)/t13-,14-/m0/s1. The van der Waals surface area contributed by atoms with Crippen LogP contribution in [0.3, 0.4) is 0 Å². The SMILES string of the molecule is C[C@H]1CN(c2ccc(NC(=O)NCc3cccnc3)cn2)C[C@H](C)O1. The maximum absolute atomic E-state index is 12.0. The summed E-state index contributed by atoms with van der Waals surface area (Å²) in [5.74, 6) is 0.892. The fraction of sp³-hybridized carbons (Fsp3) is 0.389. The third kappa shape index (κ3) is 4.90. The number of morpholine rings is 1. The molecular weight excluding hydrogens is 318 g/mol. The molecule has 0 aromatic carbocycles. The van der Waals surface area contributed by atoms with Crippen LogP contribution in [0.2, 0.25) is 0 Å². The number of amides is 2. The molecule has 7 heteroatoms. The fourth-order valence-electron chi connectivity index (χ4n) is 2.87. The van der Waals surface area contributed by atoms with Crippen molar-refractivity contribution in [1.82, 2.24) is 15.3 Å². The predicted molar refractivity (Wildman–Crippen MR) is 96.6 cm³/mol. The van der Waals surface area contributed by atoms with Crippen molar-refractivity contribution in [2.45, 2.75) is 32.6 Å². The fourth-order valence-corrected chi connectivity index (χ4v) is 2.87. The zero-order chi connectivity index (χ0) is 17.6. The molecule has 2 aromatic heterocycles. The Labute approximate surface area is 147 Å². The van der Waals surface area contributed by atoms with Gasteiger partial charge in [-0.3, -0.25) is 4.98 Å². The van der Waals surface area contributed by atoms with E-state index in [-0.39, 0.29) is 18.2 Å². The third-order valence-electron chi connectivity index (χ3n) is 3.93. The van der Waals surface area contributed by atoms with Crippen LogP contribution in [0.4, 0.5) is 16.3 Å². The number of anilines is 2. The van der Waals surface area contributed by atoms with Crippen LogP contribution in [0, 0.1) is 0 Å². The molecule has 2 amide bonds. The first-order valence-electron chi connectivity index (χ1n) is 8.40. The summed E-state index contributed by atoms with van der Waals surface area (Å²) in [5.41, 5.74) is 1.60. The summed E-state index contributed by atoms with van der Waals surface area (Å²) in [7, 11) is 0. The number of pyridine rings is 2. The molecule has 0 saturated carbocycles. The van der Waals surface area contributed by atoms with Crippen molar-refractivity contribution in [2.24, 2.45) is 0 Å². The van der Waals surface area contributed by atoms with Crippen molar-refractivity contribution in [3.05, 3.63) is 48.4 Å². The lowest BCUT2D eigenvalue weighted by Gasteiger charge is -2.36. The first-order valence-corrected chi connectivity index (χ1v) is 8.40. The second kappa shape index (κ2) is 7.94. The molecule has 3 rings (SSSR count). The Morgan fingerprint density at radius 1 is 1.24 bits per heavy atom. The predicted octanol–water partition coefficient (Wildman–Crippen LogP) is 2.41. The average molecular weight is 341 g/mol. The van der Waals surface area contributed by atoms with Gasteiger partial charge in [0.2, 0.25) is 0 Å². The lowest BCUT2D eigenvalue weighted by atomic mass is 10.2. The molecule has 2 aromatic rings. The van der Waals surface area contributed by atoms with Crippen LogP contribution in [0.1, 0.15) is 19.4 Å². The highest BCUT2D eigenvalue weighted by molar-refractivity contribution is 5.89. The van der Waals surface area contributed by atoms with Gasteiger partial charge in [-0.05, 0) is 37.6 Å². The van der Waals surface area contributed by atoms with E-state index in [1.54, 1.807) is 18.6 Å². The van der Waals surface area contributed by atoms with Gasteiger partial charge in [0.1, 0.15) is 5.82 Å². The van der Waals surface area contributed by atoms with Gasteiger partial charge in [-0.1, -0.05) is 6.07 Å². The van der Waals surface area contributed by atoms with Crippen molar-refractivity contribution >= 4 is 17.5 Å². The maximum Gasteiger partial charge on any atom is 0.319 e. The van der Waals surface area contributed by atoms with Crippen molar-refractivity contribution in [1.29, 1.82) is 0 Å². The molecule has 3 heterocycles.